The fourth-order valence-corrected chi connectivity index (χ4v) is 11.1. The summed E-state index contributed by atoms with van der Waals surface area (Å²) in [4.78, 5) is 1.38. The van der Waals surface area contributed by atoms with Gasteiger partial charge in [0.25, 0.3) is 0 Å². The van der Waals surface area contributed by atoms with Crippen LogP contribution in [0.15, 0.2) is 127 Å². The quantitative estimate of drug-likeness (QED) is 0.149. The van der Waals surface area contributed by atoms with Crippen LogP contribution in [0.2, 0.25) is 0 Å². The molecule has 0 aliphatic heterocycles. The van der Waals surface area contributed by atoms with Gasteiger partial charge in [0.05, 0.1) is 0 Å². The lowest BCUT2D eigenvalue weighted by Crippen LogP contribution is -2.18. The predicted octanol–water partition coefficient (Wildman–Crippen LogP) is 14.4. The molecular weight excluding hydrogens is 689 g/mol. The van der Waals surface area contributed by atoms with Crippen molar-refractivity contribution in [3.8, 4) is 22.3 Å². The van der Waals surface area contributed by atoms with Gasteiger partial charge in [-0.25, -0.2) is 0 Å². The Hall–Kier alpha value is -5.54. The Labute approximate surface area is 325 Å². The van der Waals surface area contributed by atoms with Crippen LogP contribution in [0.1, 0.15) is 47.9 Å². The van der Waals surface area contributed by atoms with Crippen LogP contribution in [-0.2, 0) is 6.42 Å². The van der Waals surface area contributed by atoms with Crippen molar-refractivity contribution in [3.05, 3.63) is 164 Å². The largest absolute Gasteiger partial charge is 0.139 e. The van der Waals surface area contributed by atoms with Gasteiger partial charge in [-0.3, -0.25) is 0 Å². The summed E-state index contributed by atoms with van der Waals surface area (Å²) in [5.41, 5.74) is 10.3. The lowest BCUT2D eigenvalue weighted by Gasteiger charge is -2.18. The van der Waals surface area contributed by atoms with E-state index >= 15 is 0 Å². The number of benzene rings is 7. The van der Waals surface area contributed by atoms with Crippen LogP contribution >= 0.6 is 22.7 Å². The van der Waals surface area contributed by atoms with Crippen molar-refractivity contribution in [2.24, 2.45) is 0 Å². The summed E-state index contributed by atoms with van der Waals surface area (Å²) in [5, 5.41) is 12.0. The van der Waals surface area contributed by atoms with Crippen LogP contribution < -0.4 is 9.75 Å². The molecule has 0 saturated carbocycles. The molecule has 0 spiro atoms. The van der Waals surface area contributed by atoms with Gasteiger partial charge in [0.2, 0.25) is 0 Å². The number of rotatable bonds is 6. The Morgan fingerprint density at radius 2 is 1.15 bits per heavy atom. The van der Waals surface area contributed by atoms with E-state index in [-0.39, 0.29) is 0 Å². The Morgan fingerprint density at radius 1 is 0.537 bits per heavy atom. The second-order valence-electron chi connectivity index (χ2n) is 14.2. The molecule has 262 valence electrons. The molecule has 0 nitrogen and oxygen atoms in total. The van der Waals surface area contributed by atoms with Crippen LogP contribution in [0.4, 0.5) is 0 Å². The van der Waals surface area contributed by atoms with Crippen molar-refractivity contribution < 1.29 is 0 Å². The summed E-state index contributed by atoms with van der Waals surface area (Å²) < 4.78 is 4.15. The maximum Gasteiger partial charge on any atom is 0.0454 e. The Kier molecular flexibility index (Phi) is 8.89. The lowest BCUT2D eigenvalue weighted by atomic mass is 9.85. The van der Waals surface area contributed by atoms with E-state index in [0.29, 0.717) is 0 Å². The number of allylic oxidation sites excluding steroid dienone is 2. The first-order chi connectivity index (χ1) is 26.5. The van der Waals surface area contributed by atoms with Crippen molar-refractivity contribution in [1.29, 1.82) is 0 Å². The number of hydrogen-bond donors (Lipinski definition) is 0. The van der Waals surface area contributed by atoms with Crippen molar-refractivity contribution in [2.75, 3.05) is 0 Å². The van der Waals surface area contributed by atoms with E-state index in [2.05, 4.69) is 186 Å². The van der Waals surface area contributed by atoms with Crippen molar-refractivity contribution in [1.82, 2.24) is 0 Å². The molecule has 0 unspecified atom stereocenters. The molecule has 2 aromatic heterocycles. The molecule has 0 aliphatic carbocycles. The monoisotopic (exact) mass is 730 g/mol. The molecule has 0 fully saturated rings. The van der Waals surface area contributed by atoms with E-state index in [9.17, 15) is 0 Å². The molecule has 9 aromatic rings. The van der Waals surface area contributed by atoms with Crippen LogP contribution in [-0.4, -0.2) is 0 Å². The highest BCUT2D eigenvalue weighted by atomic mass is 32.1. The second-order valence-corrected chi connectivity index (χ2v) is 16.5. The van der Waals surface area contributed by atoms with Gasteiger partial charge in [0.1, 0.15) is 0 Å². The van der Waals surface area contributed by atoms with Gasteiger partial charge in [-0.1, -0.05) is 152 Å². The number of thiophene rings is 2. The molecule has 0 saturated heterocycles. The van der Waals surface area contributed by atoms with Gasteiger partial charge in [0, 0.05) is 35.0 Å². The topological polar surface area (TPSA) is 0 Å². The Balaban J connectivity index is 1.23. The molecule has 0 amide bonds. The minimum atomic E-state index is 0.850. The van der Waals surface area contributed by atoms with Crippen LogP contribution in [0.25, 0.3) is 99.0 Å². The smallest absolute Gasteiger partial charge is 0.0454 e. The molecular formula is C52H42S2. The Morgan fingerprint density at radius 3 is 1.76 bits per heavy atom. The summed E-state index contributed by atoms with van der Waals surface area (Å²) in [6, 6.07) is 43.1. The van der Waals surface area contributed by atoms with E-state index < -0.39 is 0 Å². The molecule has 0 atom stereocenters. The SMILES string of the molecule is C/C=C\c1ccc(-c2c3ccccc3c(-c3cccc(C/C=c4\c(=C/C)sc5c6c(/C=C\C)c(C)sc6c6ccccc6c45)c3)c3ccccc23)cc1C. The van der Waals surface area contributed by atoms with Crippen molar-refractivity contribution in [2.45, 2.75) is 41.0 Å². The molecule has 0 N–H and O–H groups in total. The summed E-state index contributed by atoms with van der Waals surface area (Å²) in [5.74, 6) is 0. The number of fused-ring (bicyclic) bond motifs is 8. The van der Waals surface area contributed by atoms with Gasteiger partial charge in [-0.2, -0.15) is 0 Å². The first-order valence-electron chi connectivity index (χ1n) is 18.9. The third-order valence-electron chi connectivity index (χ3n) is 11.0. The first kappa shape index (κ1) is 34.2. The van der Waals surface area contributed by atoms with Gasteiger partial charge in [-0.15, -0.1) is 22.7 Å². The molecule has 54 heavy (non-hydrogen) atoms. The Bertz CT molecular complexity index is 3070. The third kappa shape index (κ3) is 5.56. The van der Waals surface area contributed by atoms with Crippen LogP contribution in [0, 0.1) is 13.8 Å². The summed E-state index contributed by atoms with van der Waals surface area (Å²) >= 11 is 3.88. The predicted molar refractivity (Wildman–Crippen MR) is 243 cm³/mol. The maximum absolute atomic E-state index is 2.49. The molecule has 9 rings (SSSR count). The van der Waals surface area contributed by atoms with E-state index in [4.69, 9.17) is 0 Å². The van der Waals surface area contributed by atoms with Gasteiger partial charge in [0.15, 0.2) is 0 Å². The highest BCUT2D eigenvalue weighted by Gasteiger charge is 2.19. The van der Waals surface area contributed by atoms with Crippen molar-refractivity contribution in [3.63, 3.8) is 0 Å². The normalized spacial score (nSPS) is 13.1. The zero-order valence-electron chi connectivity index (χ0n) is 31.5. The molecule has 0 aliphatic rings. The number of hydrogen-bond acceptors (Lipinski definition) is 2. The van der Waals surface area contributed by atoms with Crippen LogP contribution in [0.5, 0.6) is 0 Å². The van der Waals surface area contributed by atoms with Crippen molar-refractivity contribution >= 4 is 99.5 Å². The fourth-order valence-electron chi connectivity index (χ4n) is 8.58. The zero-order valence-corrected chi connectivity index (χ0v) is 33.1. The molecule has 2 heterocycles. The summed E-state index contributed by atoms with van der Waals surface area (Å²) in [6.45, 7) is 10.9. The van der Waals surface area contributed by atoms with Gasteiger partial charge in [-0.05, 0) is 118 Å². The summed E-state index contributed by atoms with van der Waals surface area (Å²) in [6.07, 6.45) is 14.4. The van der Waals surface area contributed by atoms with Gasteiger partial charge < -0.3 is 0 Å². The highest BCUT2D eigenvalue weighted by Crippen LogP contribution is 2.45. The lowest BCUT2D eigenvalue weighted by molar-refractivity contribution is 1.33. The van der Waals surface area contributed by atoms with E-state index in [0.717, 1.165) is 6.42 Å². The standard InChI is InChI=1S/C52H42S2/c1-6-16-35-27-28-37(30-32(35)4)48-41-22-11-9-20-39(41)47(40-21-10-12-23-42(40)48)36-19-15-18-34(31-36)26-29-45-46(8-3)54-52-49(45)43-24-13-14-25-44(43)51-50(52)38(17-7-2)33(5)53-51/h6-25,27-31H,26H2,1-5H3/b16-6-,17-7-,45-29+,46-8+. The molecule has 2 heteroatoms. The fraction of sp³-hybridized carbons (Fsp3) is 0.115. The zero-order chi connectivity index (χ0) is 36.9. The second kappa shape index (κ2) is 14.0. The summed E-state index contributed by atoms with van der Waals surface area (Å²) in [7, 11) is 0. The third-order valence-corrected chi connectivity index (χ3v) is 13.4. The minimum absolute atomic E-state index is 0.850. The average molecular weight is 731 g/mol. The first-order valence-corrected chi connectivity index (χ1v) is 20.6. The molecule has 0 bridgehead atoms. The maximum atomic E-state index is 2.49. The van der Waals surface area contributed by atoms with E-state index in [1.807, 2.05) is 22.7 Å². The average Bonchev–Trinajstić information content (AvgIpc) is 3.74. The molecule has 7 aromatic carbocycles. The van der Waals surface area contributed by atoms with E-state index in [1.54, 1.807) is 0 Å². The van der Waals surface area contributed by atoms with E-state index in [1.165, 1.54) is 112 Å². The van der Waals surface area contributed by atoms with Crippen LogP contribution in [0.3, 0.4) is 0 Å². The van der Waals surface area contributed by atoms with Gasteiger partial charge >= 0.3 is 0 Å². The number of aryl methyl sites for hydroxylation is 2. The highest BCUT2D eigenvalue weighted by molar-refractivity contribution is 7.23. The molecule has 0 radical (unpaired) electrons. The minimum Gasteiger partial charge on any atom is -0.139 e.